The fraction of sp³-hybridized carbons (Fsp3) is 0.385. The van der Waals surface area contributed by atoms with Gasteiger partial charge in [0, 0.05) is 12.6 Å². The molecule has 0 aliphatic rings. The number of rotatable bonds is 6. The number of carbonyl (C=O) groups is 2. The Labute approximate surface area is 120 Å². The monoisotopic (exact) mass is 298 g/mol. The minimum Gasteiger partial charge on any atom is -0.480 e. The van der Waals surface area contributed by atoms with Crippen molar-refractivity contribution in [1.29, 1.82) is 0 Å². The van der Waals surface area contributed by atoms with Gasteiger partial charge in [-0.05, 0) is 12.0 Å². The van der Waals surface area contributed by atoms with Crippen molar-refractivity contribution in [2.75, 3.05) is 13.1 Å². The molecule has 0 saturated carbocycles. The summed E-state index contributed by atoms with van der Waals surface area (Å²) in [6, 6.07) is 2.64. The van der Waals surface area contributed by atoms with Gasteiger partial charge in [-0.25, -0.2) is 4.39 Å². The SMILES string of the molecule is CC(C)CN(CC(=O)O)C(=O)c1ccc([N+](=O)[O-])cc1F. The van der Waals surface area contributed by atoms with Crippen molar-refractivity contribution in [3.63, 3.8) is 0 Å². The van der Waals surface area contributed by atoms with Crippen LogP contribution in [0.3, 0.4) is 0 Å². The largest absolute Gasteiger partial charge is 0.480 e. The maximum absolute atomic E-state index is 13.8. The van der Waals surface area contributed by atoms with Crippen LogP contribution in [0.25, 0.3) is 0 Å². The number of carboxylic acids is 1. The second-order valence-corrected chi connectivity index (χ2v) is 4.89. The van der Waals surface area contributed by atoms with Gasteiger partial charge in [0.25, 0.3) is 11.6 Å². The fourth-order valence-corrected chi connectivity index (χ4v) is 1.78. The Morgan fingerprint density at radius 2 is 2.05 bits per heavy atom. The zero-order valence-corrected chi connectivity index (χ0v) is 11.6. The van der Waals surface area contributed by atoms with E-state index in [0.29, 0.717) is 6.07 Å². The lowest BCUT2D eigenvalue weighted by Gasteiger charge is -2.22. The Bertz CT molecular complexity index is 574. The van der Waals surface area contributed by atoms with Crippen LogP contribution in [-0.4, -0.2) is 39.9 Å². The molecule has 0 unspecified atom stereocenters. The number of nitrogens with zero attached hydrogens (tertiary/aromatic N) is 2. The lowest BCUT2D eigenvalue weighted by Crippen LogP contribution is -2.38. The van der Waals surface area contributed by atoms with Crippen LogP contribution in [0.1, 0.15) is 24.2 Å². The molecule has 8 heteroatoms. The van der Waals surface area contributed by atoms with Crippen LogP contribution in [0.2, 0.25) is 0 Å². The molecule has 0 saturated heterocycles. The summed E-state index contributed by atoms with van der Waals surface area (Å²) >= 11 is 0. The molecule has 0 radical (unpaired) electrons. The maximum Gasteiger partial charge on any atom is 0.323 e. The second-order valence-electron chi connectivity index (χ2n) is 4.89. The molecule has 1 N–H and O–H groups in total. The van der Waals surface area contributed by atoms with Crippen LogP contribution < -0.4 is 0 Å². The van der Waals surface area contributed by atoms with Crippen molar-refractivity contribution in [2.45, 2.75) is 13.8 Å². The number of carboxylic acid groups (broad SMARTS) is 1. The maximum atomic E-state index is 13.8. The standard InChI is InChI=1S/C13H15FN2O5/c1-8(2)6-15(7-12(17)18)13(19)10-4-3-9(16(20)21)5-11(10)14/h3-5,8H,6-7H2,1-2H3,(H,17,18). The highest BCUT2D eigenvalue weighted by atomic mass is 19.1. The Hall–Kier alpha value is -2.51. The van der Waals surface area contributed by atoms with Crippen molar-refractivity contribution >= 4 is 17.6 Å². The number of hydrogen-bond acceptors (Lipinski definition) is 4. The van der Waals surface area contributed by atoms with E-state index in [-0.39, 0.29) is 18.0 Å². The third-order valence-corrected chi connectivity index (χ3v) is 2.59. The topological polar surface area (TPSA) is 101 Å². The fourth-order valence-electron chi connectivity index (χ4n) is 1.78. The van der Waals surface area contributed by atoms with Crippen LogP contribution >= 0.6 is 0 Å². The average Bonchev–Trinajstić information content (AvgIpc) is 2.35. The summed E-state index contributed by atoms with van der Waals surface area (Å²) in [5.74, 6) is -3.08. The molecular weight excluding hydrogens is 283 g/mol. The Morgan fingerprint density at radius 1 is 1.43 bits per heavy atom. The van der Waals surface area contributed by atoms with Crippen molar-refractivity contribution in [3.05, 3.63) is 39.7 Å². The van der Waals surface area contributed by atoms with Crippen LogP contribution in [0.5, 0.6) is 0 Å². The minimum absolute atomic E-state index is 0.00518. The van der Waals surface area contributed by atoms with E-state index in [9.17, 15) is 24.1 Å². The van der Waals surface area contributed by atoms with E-state index in [1.165, 1.54) is 0 Å². The van der Waals surface area contributed by atoms with Gasteiger partial charge in [-0.3, -0.25) is 19.7 Å². The molecule has 0 aliphatic heterocycles. The third-order valence-electron chi connectivity index (χ3n) is 2.59. The molecule has 21 heavy (non-hydrogen) atoms. The lowest BCUT2D eigenvalue weighted by atomic mass is 10.1. The van der Waals surface area contributed by atoms with Crippen LogP contribution in [-0.2, 0) is 4.79 Å². The van der Waals surface area contributed by atoms with Crippen molar-refractivity contribution in [2.24, 2.45) is 5.92 Å². The molecule has 1 amide bonds. The van der Waals surface area contributed by atoms with Gasteiger partial charge >= 0.3 is 5.97 Å². The number of hydrogen-bond donors (Lipinski definition) is 1. The first-order chi connectivity index (χ1) is 9.72. The normalized spacial score (nSPS) is 10.5. The van der Waals surface area contributed by atoms with Gasteiger partial charge in [0.05, 0.1) is 16.6 Å². The van der Waals surface area contributed by atoms with E-state index >= 15 is 0 Å². The molecule has 1 aromatic rings. The number of non-ortho nitro benzene ring substituents is 1. The molecule has 0 spiro atoms. The predicted octanol–water partition coefficient (Wildman–Crippen LogP) is 1.92. The summed E-state index contributed by atoms with van der Waals surface area (Å²) in [4.78, 5) is 33.7. The van der Waals surface area contributed by atoms with E-state index < -0.39 is 34.8 Å². The number of benzene rings is 1. The van der Waals surface area contributed by atoms with Gasteiger partial charge in [-0.2, -0.15) is 0 Å². The first-order valence-corrected chi connectivity index (χ1v) is 6.17. The van der Waals surface area contributed by atoms with E-state index in [1.54, 1.807) is 13.8 Å². The highest BCUT2D eigenvalue weighted by Gasteiger charge is 2.23. The summed E-state index contributed by atoms with van der Waals surface area (Å²) in [5.41, 5.74) is -0.861. The van der Waals surface area contributed by atoms with E-state index in [0.717, 1.165) is 17.0 Å². The molecule has 0 aromatic heterocycles. The van der Waals surface area contributed by atoms with Crippen molar-refractivity contribution < 1.29 is 24.0 Å². The number of halogens is 1. The predicted molar refractivity (Wildman–Crippen MR) is 71.4 cm³/mol. The van der Waals surface area contributed by atoms with E-state index in [2.05, 4.69) is 0 Å². The zero-order chi connectivity index (χ0) is 16.2. The highest BCUT2D eigenvalue weighted by molar-refractivity contribution is 5.96. The lowest BCUT2D eigenvalue weighted by molar-refractivity contribution is -0.385. The number of nitro groups is 1. The molecule has 114 valence electrons. The zero-order valence-electron chi connectivity index (χ0n) is 11.6. The summed E-state index contributed by atoms with van der Waals surface area (Å²) < 4.78 is 13.8. The van der Waals surface area contributed by atoms with E-state index in [4.69, 9.17) is 5.11 Å². The first kappa shape index (κ1) is 16.5. The molecule has 0 heterocycles. The van der Waals surface area contributed by atoms with Gasteiger partial charge in [0.1, 0.15) is 12.4 Å². The van der Waals surface area contributed by atoms with Crippen LogP contribution in [0.15, 0.2) is 18.2 Å². The molecular formula is C13H15FN2O5. The second kappa shape index (κ2) is 6.78. The number of amides is 1. The number of carbonyl (C=O) groups excluding carboxylic acids is 1. The van der Waals surface area contributed by atoms with Crippen molar-refractivity contribution in [1.82, 2.24) is 4.90 Å². The molecule has 0 fully saturated rings. The quantitative estimate of drug-likeness (QED) is 0.638. The summed E-state index contributed by atoms with van der Waals surface area (Å²) in [6.45, 7) is 3.15. The van der Waals surface area contributed by atoms with Gasteiger partial charge in [-0.15, -0.1) is 0 Å². The molecule has 1 rings (SSSR count). The molecule has 0 aliphatic carbocycles. The summed E-state index contributed by atoms with van der Waals surface area (Å²) in [5, 5.41) is 19.3. The minimum atomic E-state index is -1.22. The Balaban J connectivity index is 3.08. The number of aliphatic carboxylic acids is 1. The molecule has 0 atom stereocenters. The van der Waals surface area contributed by atoms with E-state index in [1.807, 2.05) is 0 Å². The Morgan fingerprint density at radius 3 is 2.48 bits per heavy atom. The van der Waals surface area contributed by atoms with Gasteiger partial charge in [0.15, 0.2) is 0 Å². The van der Waals surface area contributed by atoms with Crippen LogP contribution in [0.4, 0.5) is 10.1 Å². The smallest absolute Gasteiger partial charge is 0.323 e. The van der Waals surface area contributed by atoms with Crippen LogP contribution in [0, 0.1) is 21.8 Å². The van der Waals surface area contributed by atoms with Gasteiger partial charge in [-0.1, -0.05) is 13.8 Å². The molecule has 0 bridgehead atoms. The summed E-state index contributed by atoms with van der Waals surface area (Å²) in [6.07, 6.45) is 0. The average molecular weight is 298 g/mol. The Kier molecular flexibility index (Phi) is 5.34. The highest BCUT2D eigenvalue weighted by Crippen LogP contribution is 2.18. The van der Waals surface area contributed by atoms with Crippen molar-refractivity contribution in [3.8, 4) is 0 Å². The third kappa shape index (κ3) is 4.51. The molecule has 1 aromatic carbocycles. The number of nitro benzene ring substituents is 1. The molecule has 7 nitrogen and oxygen atoms in total. The van der Waals surface area contributed by atoms with Gasteiger partial charge in [0.2, 0.25) is 0 Å². The first-order valence-electron chi connectivity index (χ1n) is 6.17. The van der Waals surface area contributed by atoms with Gasteiger partial charge < -0.3 is 10.0 Å². The summed E-state index contributed by atoms with van der Waals surface area (Å²) in [7, 11) is 0.